The molecule has 0 spiro atoms. The summed E-state index contributed by atoms with van der Waals surface area (Å²) in [7, 11) is 0. The van der Waals surface area contributed by atoms with E-state index < -0.39 is 0 Å². The minimum Gasteiger partial charge on any atom is -0.375 e. The van der Waals surface area contributed by atoms with Crippen LogP contribution in [0.25, 0.3) is 11.4 Å². The fourth-order valence-corrected chi connectivity index (χ4v) is 3.33. The summed E-state index contributed by atoms with van der Waals surface area (Å²) in [5.41, 5.74) is 2.77. The molecule has 2 N–H and O–H groups in total. The molecule has 0 atom stereocenters. The van der Waals surface area contributed by atoms with E-state index in [0.29, 0.717) is 40.2 Å². The highest BCUT2D eigenvalue weighted by Crippen LogP contribution is 2.21. The zero-order valence-electron chi connectivity index (χ0n) is 14.6. The van der Waals surface area contributed by atoms with Gasteiger partial charge in [-0.05, 0) is 47.8 Å². The second-order valence-corrected chi connectivity index (χ2v) is 7.10. The van der Waals surface area contributed by atoms with Crippen molar-refractivity contribution < 1.29 is 9.32 Å². The number of carbonyl (C=O) groups excluding carboxylic acids is 1. The highest BCUT2D eigenvalue weighted by atomic mass is 35.5. The van der Waals surface area contributed by atoms with E-state index in [1.807, 2.05) is 35.0 Å². The van der Waals surface area contributed by atoms with Gasteiger partial charge in [0, 0.05) is 27.3 Å². The third-order valence-corrected chi connectivity index (χ3v) is 4.89. The van der Waals surface area contributed by atoms with Crippen LogP contribution in [-0.4, -0.2) is 16.0 Å². The van der Waals surface area contributed by atoms with Gasteiger partial charge in [0.15, 0.2) is 0 Å². The maximum Gasteiger partial charge on any atom is 0.257 e. The first-order chi connectivity index (χ1) is 13.7. The van der Waals surface area contributed by atoms with Gasteiger partial charge in [-0.1, -0.05) is 28.9 Å². The normalized spacial score (nSPS) is 10.6. The minimum absolute atomic E-state index is 0.227. The molecule has 0 aliphatic carbocycles. The minimum atomic E-state index is -0.227. The second kappa shape index (κ2) is 8.24. The van der Waals surface area contributed by atoms with Crippen molar-refractivity contribution in [2.75, 3.05) is 10.6 Å². The second-order valence-electron chi connectivity index (χ2n) is 5.88. The molecule has 0 radical (unpaired) electrons. The first-order valence-electron chi connectivity index (χ1n) is 8.44. The summed E-state index contributed by atoms with van der Waals surface area (Å²) in [4.78, 5) is 17.0. The predicted octanol–water partition coefficient (Wildman–Crippen LogP) is 5.32. The molecule has 0 saturated heterocycles. The Morgan fingerprint density at radius 2 is 1.93 bits per heavy atom. The fourth-order valence-electron chi connectivity index (χ4n) is 2.57. The van der Waals surface area contributed by atoms with E-state index in [1.165, 1.54) is 0 Å². The topological polar surface area (TPSA) is 80.0 Å². The number of nitrogens with one attached hydrogen (secondary N) is 2. The van der Waals surface area contributed by atoms with Gasteiger partial charge in [0.05, 0.1) is 12.1 Å². The standard InChI is InChI=1S/C20H15ClN4O2S/c21-14-5-7-15(8-6-14)23-20(26)16-3-1-2-4-17(16)22-11-18-24-19(25-27-18)13-9-10-28-12-13/h1-10,12,22H,11H2,(H,23,26). The zero-order chi connectivity index (χ0) is 19.3. The molecule has 0 unspecified atom stereocenters. The number of halogens is 1. The van der Waals surface area contributed by atoms with Crippen molar-refractivity contribution >= 4 is 40.2 Å². The number of nitrogens with zero attached hydrogens (tertiary/aromatic N) is 2. The summed E-state index contributed by atoms with van der Waals surface area (Å²) in [5.74, 6) is 0.760. The number of hydrogen-bond acceptors (Lipinski definition) is 6. The van der Waals surface area contributed by atoms with Crippen molar-refractivity contribution in [1.29, 1.82) is 0 Å². The van der Waals surface area contributed by atoms with Gasteiger partial charge in [-0.25, -0.2) is 0 Å². The van der Waals surface area contributed by atoms with Gasteiger partial charge >= 0.3 is 0 Å². The number of amides is 1. The molecule has 28 heavy (non-hydrogen) atoms. The molecule has 6 nitrogen and oxygen atoms in total. The maximum atomic E-state index is 12.7. The van der Waals surface area contributed by atoms with Gasteiger partial charge in [0.1, 0.15) is 0 Å². The fraction of sp³-hybridized carbons (Fsp3) is 0.0500. The highest BCUT2D eigenvalue weighted by Gasteiger charge is 2.13. The van der Waals surface area contributed by atoms with E-state index in [-0.39, 0.29) is 5.91 Å². The highest BCUT2D eigenvalue weighted by molar-refractivity contribution is 7.08. The molecule has 2 heterocycles. The van der Waals surface area contributed by atoms with Crippen molar-refractivity contribution in [2.24, 2.45) is 0 Å². The molecule has 2 aromatic carbocycles. The molecular formula is C20H15ClN4O2S. The SMILES string of the molecule is O=C(Nc1ccc(Cl)cc1)c1ccccc1NCc1nc(-c2ccsc2)no1. The Labute approximate surface area is 170 Å². The molecule has 0 aliphatic rings. The molecule has 2 aromatic heterocycles. The van der Waals surface area contributed by atoms with Crippen LogP contribution in [-0.2, 0) is 6.54 Å². The average molecular weight is 411 g/mol. The van der Waals surface area contributed by atoms with Gasteiger partial charge in [-0.15, -0.1) is 0 Å². The van der Waals surface area contributed by atoms with Gasteiger partial charge in [-0.3, -0.25) is 4.79 Å². The lowest BCUT2D eigenvalue weighted by Gasteiger charge is -2.11. The third-order valence-electron chi connectivity index (χ3n) is 3.95. The summed E-state index contributed by atoms with van der Waals surface area (Å²) in [6, 6.07) is 16.1. The van der Waals surface area contributed by atoms with Gasteiger partial charge in [0.25, 0.3) is 5.91 Å². The number of benzene rings is 2. The lowest BCUT2D eigenvalue weighted by molar-refractivity contribution is 0.102. The van der Waals surface area contributed by atoms with Crippen LogP contribution in [0.4, 0.5) is 11.4 Å². The third kappa shape index (κ3) is 4.21. The number of aromatic nitrogens is 2. The smallest absolute Gasteiger partial charge is 0.257 e. The summed E-state index contributed by atoms with van der Waals surface area (Å²) >= 11 is 7.45. The Balaban J connectivity index is 1.45. The number of para-hydroxylation sites is 1. The summed E-state index contributed by atoms with van der Waals surface area (Å²) in [5, 5.41) is 14.6. The number of thiophene rings is 1. The molecule has 8 heteroatoms. The average Bonchev–Trinajstić information content (AvgIpc) is 3.40. The Bertz CT molecular complexity index is 1080. The first-order valence-corrected chi connectivity index (χ1v) is 9.76. The van der Waals surface area contributed by atoms with Crippen LogP contribution in [0.3, 0.4) is 0 Å². The van der Waals surface area contributed by atoms with Gasteiger partial charge < -0.3 is 15.2 Å². The summed E-state index contributed by atoms with van der Waals surface area (Å²) in [6.45, 7) is 0.308. The monoisotopic (exact) mass is 410 g/mol. The van der Waals surface area contributed by atoms with E-state index in [0.717, 1.165) is 5.56 Å². The molecule has 4 rings (SSSR count). The lowest BCUT2D eigenvalue weighted by atomic mass is 10.1. The van der Waals surface area contributed by atoms with Crippen LogP contribution in [0.15, 0.2) is 69.9 Å². The number of carbonyl (C=O) groups is 1. The van der Waals surface area contributed by atoms with Crippen LogP contribution < -0.4 is 10.6 Å². The molecule has 140 valence electrons. The number of anilines is 2. The predicted molar refractivity (Wildman–Crippen MR) is 111 cm³/mol. The Hall–Kier alpha value is -3.16. The van der Waals surface area contributed by atoms with E-state index in [1.54, 1.807) is 41.7 Å². The largest absolute Gasteiger partial charge is 0.375 e. The van der Waals surface area contributed by atoms with E-state index >= 15 is 0 Å². The van der Waals surface area contributed by atoms with Crippen LogP contribution in [0.1, 0.15) is 16.2 Å². The first kappa shape index (κ1) is 18.2. The molecule has 0 aliphatic heterocycles. The number of rotatable bonds is 6. The van der Waals surface area contributed by atoms with Gasteiger partial charge in [0.2, 0.25) is 11.7 Å². The molecule has 0 fully saturated rings. The van der Waals surface area contributed by atoms with Crippen molar-refractivity contribution in [2.45, 2.75) is 6.54 Å². The van der Waals surface area contributed by atoms with Gasteiger partial charge in [-0.2, -0.15) is 16.3 Å². The lowest BCUT2D eigenvalue weighted by Crippen LogP contribution is -2.14. The summed E-state index contributed by atoms with van der Waals surface area (Å²) < 4.78 is 5.29. The van der Waals surface area contributed by atoms with Crippen LogP contribution in [0.5, 0.6) is 0 Å². The van der Waals surface area contributed by atoms with Crippen molar-refractivity contribution in [1.82, 2.24) is 10.1 Å². The summed E-state index contributed by atoms with van der Waals surface area (Å²) in [6.07, 6.45) is 0. The van der Waals surface area contributed by atoms with Crippen molar-refractivity contribution in [3.8, 4) is 11.4 Å². The van der Waals surface area contributed by atoms with Crippen molar-refractivity contribution in [3.63, 3.8) is 0 Å². The quantitative estimate of drug-likeness (QED) is 0.450. The van der Waals surface area contributed by atoms with Crippen molar-refractivity contribution in [3.05, 3.63) is 81.8 Å². The Morgan fingerprint density at radius 1 is 1.11 bits per heavy atom. The van der Waals surface area contributed by atoms with E-state index in [2.05, 4.69) is 20.8 Å². The molecule has 0 bridgehead atoms. The Kier molecular flexibility index (Phi) is 5.36. The maximum absolute atomic E-state index is 12.7. The molecular weight excluding hydrogens is 396 g/mol. The van der Waals surface area contributed by atoms with Crippen LogP contribution in [0, 0.1) is 0 Å². The molecule has 0 saturated carbocycles. The van der Waals surface area contributed by atoms with Crippen LogP contribution >= 0.6 is 22.9 Å². The van der Waals surface area contributed by atoms with Crippen LogP contribution in [0.2, 0.25) is 5.02 Å². The number of hydrogen-bond donors (Lipinski definition) is 2. The Morgan fingerprint density at radius 3 is 2.71 bits per heavy atom. The zero-order valence-corrected chi connectivity index (χ0v) is 16.1. The van der Waals surface area contributed by atoms with E-state index in [9.17, 15) is 4.79 Å². The molecule has 4 aromatic rings. The van der Waals surface area contributed by atoms with E-state index in [4.69, 9.17) is 16.1 Å². The molecule has 1 amide bonds.